The van der Waals surface area contributed by atoms with Crippen LogP contribution in [0.5, 0.6) is 0 Å². The smallest absolute Gasteiger partial charge is 0.374 e. The van der Waals surface area contributed by atoms with Gasteiger partial charge in [0, 0.05) is 31.4 Å². The van der Waals surface area contributed by atoms with Gasteiger partial charge in [0.05, 0.1) is 12.7 Å². The van der Waals surface area contributed by atoms with Gasteiger partial charge in [-0.15, -0.1) is 5.10 Å². The summed E-state index contributed by atoms with van der Waals surface area (Å²) in [5, 5.41) is 6.59. The first kappa shape index (κ1) is 15.9. The van der Waals surface area contributed by atoms with Crippen LogP contribution in [0, 0.1) is 6.92 Å². The van der Waals surface area contributed by atoms with E-state index in [2.05, 4.69) is 25.3 Å². The number of nitrogens with one attached hydrogen (secondary N) is 1. The summed E-state index contributed by atoms with van der Waals surface area (Å²) in [4.78, 5) is 9.58. The third-order valence-electron chi connectivity index (χ3n) is 3.55. The van der Waals surface area contributed by atoms with E-state index in [1.807, 2.05) is 7.05 Å². The summed E-state index contributed by atoms with van der Waals surface area (Å²) < 4.78 is 45.0. The van der Waals surface area contributed by atoms with Crippen LogP contribution < -0.4 is 5.32 Å². The van der Waals surface area contributed by atoms with E-state index >= 15 is 0 Å². The number of halogens is 3. The van der Waals surface area contributed by atoms with Crippen molar-refractivity contribution in [1.29, 1.82) is 0 Å². The van der Waals surface area contributed by atoms with Crippen molar-refractivity contribution >= 4 is 11.6 Å². The molecule has 0 saturated carbocycles. The average Bonchev–Trinajstić information content (AvgIpc) is 2.88. The van der Waals surface area contributed by atoms with E-state index in [1.54, 1.807) is 13.0 Å². The summed E-state index contributed by atoms with van der Waals surface area (Å²) in [6, 6.07) is 1.63. The minimum atomic E-state index is -4.60. The van der Waals surface area contributed by atoms with Crippen molar-refractivity contribution in [3.05, 3.63) is 17.6 Å². The number of hydrogen-bond donors (Lipinski definition) is 1. The zero-order valence-corrected chi connectivity index (χ0v) is 12.8. The van der Waals surface area contributed by atoms with E-state index in [-0.39, 0.29) is 11.9 Å². The number of rotatable bonds is 3. The predicted octanol–water partition coefficient (Wildman–Crippen LogP) is 1.19. The van der Waals surface area contributed by atoms with Gasteiger partial charge in [-0.3, -0.25) is 0 Å². The largest absolute Gasteiger partial charge is 0.453 e. The molecule has 0 spiro atoms. The van der Waals surface area contributed by atoms with E-state index in [1.165, 1.54) is 0 Å². The first-order chi connectivity index (χ1) is 10.8. The molecule has 0 aliphatic carbocycles. The summed E-state index contributed by atoms with van der Waals surface area (Å²) in [7, 11) is 2.00. The second-order valence-electron chi connectivity index (χ2n) is 5.56. The van der Waals surface area contributed by atoms with E-state index in [4.69, 9.17) is 4.74 Å². The average molecular weight is 330 g/mol. The molecule has 0 aromatic carbocycles. The molecule has 1 aliphatic heterocycles. The Morgan fingerprint density at radius 2 is 2.17 bits per heavy atom. The second-order valence-corrected chi connectivity index (χ2v) is 5.56. The molecule has 0 amide bonds. The Morgan fingerprint density at radius 1 is 1.39 bits per heavy atom. The highest BCUT2D eigenvalue weighted by Gasteiger charge is 2.36. The topological polar surface area (TPSA) is 67.6 Å². The van der Waals surface area contributed by atoms with Gasteiger partial charge in [-0.25, -0.2) is 4.98 Å². The van der Waals surface area contributed by atoms with Gasteiger partial charge in [0.1, 0.15) is 5.82 Å². The quantitative estimate of drug-likeness (QED) is 0.912. The monoisotopic (exact) mass is 330 g/mol. The Morgan fingerprint density at radius 3 is 2.87 bits per heavy atom. The fourth-order valence-electron chi connectivity index (χ4n) is 2.44. The molecule has 23 heavy (non-hydrogen) atoms. The van der Waals surface area contributed by atoms with Gasteiger partial charge in [-0.05, 0) is 14.0 Å². The fourth-order valence-corrected chi connectivity index (χ4v) is 2.44. The normalized spacial score (nSPS) is 20.1. The van der Waals surface area contributed by atoms with E-state index in [0.29, 0.717) is 24.7 Å². The van der Waals surface area contributed by atoms with Crippen LogP contribution in [0.3, 0.4) is 0 Å². The molecule has 2 aromatic heterocycles. The molecule has 3 heterocycles. The number of aryl methyl sites for hydroxylation is 1. The van der Waals surface area contributed by atoms with Crippen LogP contribution in [-0.4, -0.2) is 63.9 Å². The highest BCUT2D eigenvalue weighted by Crippen LogP contribution is 2.27. The van der Waals surface area contributed by atoms with Crippen molar-refractivity contribution in [2.45, 2.75) is 19.2 Å². The molecule has 7 nitrogen and oxygen atoms in total. The zero-order chi connectivity index (χ0) is 16.6. The predicted molar refractivity (Wildman–Crippen MR) is 76.2 cm³/mol. The van der Waals surface area contributed by atoms with Crippen LogP contribution >= 0.6 is 0 Å². The highest BCUT2D eigenvalue weighted by atomic mass is 19.4. The first-order valence-corrected chi connectivity index (χ1v) is 7.18. The van der Waals surface area contributed by atoms with E-state index in [9.17, 15) is 13.2 Å². The van der Waals surface area contributed by atoms with Crippen molar-refractivity contribution in [3.63, 3.8) is 0 Å². The lowest BCUT2D eigenvalue weighted by Gasteiger charge is -2.30. The third kappa shape index (κ3) is 3.53. The number of nitrogens with zero attached hydrogens (tertiary/aromatic N) is 5. The Labute approximate surface area is 130 Å². The molecule has 1 fully saturated rings. The number of alkyl halides is 3. The Kier molecular flexibility index (Phi) is 4.11. The van der Waals surface area contributed by atoms with Gasteiger partial charge < -0.3 is 15.0 Å². The van der Waals surface area contributed by atoms with Crippen molar-refractivity contribution in [1.82, 2.24) is 24.5 Å². The van der Waals surface area contributed by atoms with Gasteiger partial charge in [-0.1, -0.05) is 0 Å². The Hall–Kier alpha value is -1.94. The van der Waals surface area contributed by atoms with Crippen LogP contribution in [0.15, 0.2) is 6.07 Å². The van der Waals surface area contributed by atoms with E-state index < -0.39 is 12.0 Å². The van der Waals surface area contributed by atoms with Crippen LogP contribution in [0.25, 0.3) is 5.78 Å². The van der Waals surface area contributed by atoms with Crippen LogP contribution in [0.1, 0.15) is 11.5 Å². The molecule has 3 rings (SSSR count). The molecule has 2 aromatic rings. The van der Waals surface area contributed by atoms with Gasteiger partial charge in [0.15, 0.2) is 0 Å². The van der Waals surface area contributed by atoms with Gasteiger partial charge >= 0.3 is 6.18 Å². The maximum Gasteiger partial charge on any atom is 0.453 e. The molecule has 1 aliphatic rings. The molecule has 0 bridgehead atoms. The van der Waals surface area contributed by atoms with Crippen molar-refractivity contribution < 1.29 is 17.9 Å². The lowest BCUT2D eigenvalue weighted by molar-refractivity contribution is -0.144. The Balaban J connectivity index is 1.83. The van der Waals surface area contributed by atoms with Gasteiger partial charge in [-0.2, -0.15) is 22.7 Å². The fraction of sp³-hybridized carbons (Fsp3) is 0.615. The van der Waals surface area contributed by atoms with E-state index in [0.717, 1.165) is 17.6 Å². The first-order valence-electron chi connectivity index (χ1n) is 7.18. The lowest BCUT2D eigenvalue weighted by atomic mass is 10.3. The molecule has 126 valence electrons. The van der Waals surface area contributed by atoms with Crippen molar-refractivity contribution in [3.8, 4) is 0 Å². The lowest BCUT2D eigenvalue weighted by Crippen LogP contribution is -2.43. The van der Waals surface area contributed by atoms with Gasteiger partial charge in [0.25, 0.3) is 11.6 Å². The number of fused-ring (bicyclic) bond motifs is 1. The summed E-state index contributed by atoms with van der Waals surface area (Å²) >= 11 is 0. The van der Waals surface area contributed by atoms with Gasteiger partial charge in [0.2, 0.25) is 0 Å². The molecule has 1 N–H and O–H groups in total. The molecular formula is C13H17F3N6O. The number of hydrogen-bond acceptors (Lipinski definition) is 6. The number of ether oxygens (including phenoxy) is 1. The molecule has 1 atom stereocenters. The highest BCUT2D eigenvalue weighted by molar-refractivity contribution is 5.45. The van der Waals surface area contributed by atoms with Crippen molar-refractivity contribution in [2.24, 2.45) is 0 Å². The minimum Gasteiger partial charge on any atom is -0.374 e. The maximum absolute atomic E-state index is 12.8. The maximum atomic E-state index is 12.8. The molecule has 10 heteroatoms. The summed E-state index contributed by atoms with van der Waals surface area (Å²) in [6.07, 6.45) is -4.64. The number of aromatic nitrogens is 4. The molecule has 0 unspecified atom stereocenters. The number of morpholine rings is 1. The van der Waals surface area contributed by atoms with Crippen LogP contribution in [0.2, 0.25) is 0 Å². The molecular weight excluding hydrogens is 313 g/mol. The van der Waals surface area contributed by atoms with Crippen molar-refractivity contribution in [2.75, 3.05) is 38.6 Å². The zero-order valence-electron chi connectivity index (χ0n) is 12.8. The summed E-state index contributed by atoms with van der Waals surface area (Å²) in [5.41, 5.74) is 0.558. The minimum absolute atomic E-state index is 0.0390. The molecule has 1 saturated heterocycles. The molecule has 0 radical (unpaired) electrons. The summed E-state index contributed by atoms with van der Waals surface area (Å²) in [6.45, 7) is 4.41. The standard InChI is InChI=1S/C13H17F3N6O/c1-8-5-10(17-6-9-7-21(2)3-4-23-9)22-12(18-8)19-11(20-22)13(14,15)16/h5,9,17H,3-4,6-7H2,1-2H3/t9-/m1/s1. The number of anilines is 1. The second kappa shape index (κ2) is 5.93. The number of likely N-dealkylation sites (N-methyl/N-ethyl adjacent to an activating group) is 1. The third-order valence-corrected chi connectivity index (χ3v) is 3.55. The van der Waals surface area contributed by atoms with Crippen LogP contribution in [0.4, 0.5) is 19.0 Å². The Bertz CT molecular complexity index is 701. The summed E-state index contributed by atoms with van der Waals surface area (Å²) in [5.74, 6) is -0.874. The van der Waals surface area contributed by atoms with Crippen LogP contribution in [-0.2, 0) is 10.9 Å². The SMILES string of the molecule is Cc1cc(NC[C@@H]2CN(C)CCO2)n2nc(C(F)(F)F)nc2n1.